The molecule has 3 aromatic carbocycles. The van der Waals surface area contributed by atoms with Crippen molar-refractivity contribution < 1.29 is 52.1 Å². The predicted octanol–water partition coefficient (Wildman–Crippen LogP) is 1.16. The van der Waals surface area contributed by atoms with Gasteiger partial charge in [-0.05, 0) is 35.9 Å². The Morgan fingerprint density at radius 1 is 0.971 bits per heavy atom. The van der Waals surface area contributed by atoms with E-state index in [4.69, 9.17) is 9.72 Å². The summed E-state index contributed by atoms with van der Waals surface area (Å²) < 4.78 is 37.7. The van der Waals surface area contributed by atoms with Gasteiger partial charge in [-0.25, -0.2) is 13.4 Å². The number of carbonyl (C=O) groups excluding carboxylic acids is 1. The van der Waals surface area contributed by atoms with Gasteiger partial charge in [-0.1, -0.05) is 36.4 Å². The van der Waals surface area contributed by atoms with Crippen LogP contribution >= 0.6 is 0 Å². The fourth-order valence-corrected chi connectivity index (χ4v) is 3.91. The first-order valence-corrected chi connectivity index (χ1v) is 11.8. The van der Waals surface area contributed by atoms with E-state index in [1.165, 1.54) is 6.92 Å². The van der Waals surface area contributed by atoms with Gasteiger partial charge in [-0.15, -0.1) is 0 Å². The normalized spacial score (nSPS) is 11.2. The molecule has 34 heavy (non-hydrogen) atoms. The van der Waals surface area contributed by atoms with E-state index in [-0.39, 0.29) is 48.7 Å². The molecule has 0 aliphatic carbocycles. The molecular weight excluding hydrogens is 465 g/mol. The van der Waals surface area contributed by atoms with Gasteiger partial charge in [0.25, 0.3) is 0 Å². The van der Waals surface area contributed by atoms with Crippen LogP contribution in [0.1, 0.15) is 12.5 Å². The summed E-state index contributed by atoms with van der Waals surface area (Å²) in [6, 6.07) is 21.0. The molecule has 1 heterocycles. The molecular formula is C24H22N3NaO5S. The SMILES string of the molecule is CC(=O)Nc1cc(COCCS(=O)(=O)[O-])cc(Nc2c3ccccc3nc3ccccc23)c1.[Na+]. The number of carbonyl (C=O) groups is 1. The average Bonchev–Trinajstić information content (AvgIpc) is 2.75. The van der Waals surface area contributed by atoms with E-state index in [0.717, 1.165) is 27.5 Å². The van der Waals surface area contributed by atoms with Gasteiger partial charge >= 0.3 is 29.6 Å². The van der Waals surface area contributed by atoms with Crippen LogP contribution < -0.4 is 40.2 Å². The number of aromatic nitrogens is 1. The molecule has 0 aliphatic rings. The van der Waals surface area contributed by atoms with Crippen molar-refractivity contribution in [3.05, 3.63) is 72.3 Å². The molecule has 0 bridgehead atoms. The molecule has 0 saturated heterocycles. The van der Waals surface area contributed by atoms with E-state index in [9.17, 15) is 17.8 Å². The second kappa shape index (κ2) is 11.3. The topological polar surface area (TPSA) is 120 Å². The van der Waals surface area contributed by atoms with Crippen molar-refractivity contribution in [2.75, 3.05) is 23.0 Å². The van der Waals surface area contributed by atoms with Crippen molar-refractivity contribution in [3.63, 3.8) is 0 Å². The second-order valence-corrected chi connectivity index (χ2v) is 9.08. The van der Waals surface area contributed by atoms with Crippen LogP contribution in [0.2, 0.25) is 0 Å². The fraction of sp³-hybridized carbons (Fsp3) is 0.167. The van der Waals surface area contributed by atoms with Crippen LogP contribution in [0, 0.1) is 0 Å². The summed E-state index contributed by atoms with van der Waals surface area (Å²) in [6.07, 6.45) is 0. The van der Waals surface area contributed by atoms with Crippen molar-refractivity contribution in [1.82, 2.24) is 4.98 Å². The number of para-hydroxylation sites is 2. The molecule has 0 spiro atoms. The molecule has 0 aliphatic heterocycles. The summed E-state index contributed by atoms with van der Waals surface area (Å²) >= 11 is 0. The quantitative estimate of drug-likeness (QED) is 0.166. The summed E-state index contributed by atoms with van der Waals surface area (Å²) in [5, 5.41) is 8.12. The zero-order valence-electron chi connectivity index (χ0n) is 18.9. The van der Waals surface area contributed by atoms with E-state index < -0.39 is 15.9 Å². The van der Waals surface area contributed by atoms with Gasteiger partial charge in [-0.3, -0.25) is 4.79 Å². The third kappa shape index (κ3) is 6.75. The largest absolute Gasteiger partial charge is 1.00 e. The molecule has 0 saturated carbocycles. The minimum absolute atomic E-state index is 0. The van der Waals surface area contributed by atoms with Crippen LogP contribution in [-0.4, -0.2) is 36.2 Å². The van der Waals surface area contributed by atoms with Gasteiger partial charge in [0, 0.05) is 29.1 Å². The van der Waals surface area contributed by atoms with Gasteiger partial charge in [-0.2, -0.15) is 0 Å². The molecule has 10 heteroatoms. The van der Waals surface area contributed by atoms with Gasteiger partial charge in [0.2, 0.25) is 5.91 Å². The maximum Gasteiger partial charge on any atom is 1.00 e. The predicted molar refractivity (Wildman–Crippen MR) is 127 cm³/mol. The van der Waals surface area contributed by atoms with Crippen LogP contribution in [0.3, 0.4) is 0 Å². The number of fused-ring (bicyclic) bond motifs is 2. The smallest absolute Gasteiger partial charge is 0.748 e. The van der Waals surface area contributed by atoms with Crippen molar-refractivity contribution in [3.8, 4) is 0 Å². The Kier molecular flexibility index (Phi) is 8.64. The first-order valence-electron chi connectivity index (χ1n) is 10.3. The molecule has 2 N–H and O–H groups in total. The maximum atomic E-state index is 11.6. The monoisotopic (exact) mass is 487 g/mol. The molecule has 8 nitrogen and oxygen atoms in total. The number of hydrogen-bond donors (Lipinski definition) is 2. The van der Waals surface area contributed by atoms with Crippen LogP contribution in [0.25, 0.3) is 21.8 Å². The minimum Gasteiger partial charge on any atom is -0.748 e. The zero-order valence-corrected chi connectivity index (χ0v) is 21.7. The van der Waals surface area contributed by atoms with E-state index in [2.05, 4.69) is 10.6 Å². The van der Waals surface area contributed by atoms with Gasteiger partial charge in [0.1, 0.15) is 0 Å². The minimum atomic E-state index is -4.34. The van der Waals surface area contributed by atoms with Crippen molar-refractivity contribution in [1.29, 1.82) is 0 Å². The molecule has 0 atom stereocenters. The van der Waals surface area contributed by atoms with E-state index in [1.54, 1.807) is 12.1 Å². The standard InChI is InChI=1S/C24H23N3O5S.Na/c1-16(28)25-18-12-17(15-32-10-11-33(29,30)31)13-19(14-18)26-24-20-6-2-4-8-22(20)27-23-9-5-3-7-21(23)24;/h2-9,12-14H,10-11,15H2,1H3,(H,25,28)(H,26,27)(H,29,30,31);/q;+1/p-1. The summed E-state index contributed by atoms with van der Waals surface area (Å²) in [4.78, 5) is 16.4. The van der Waals surface area contributed by atoms with Crippen LogP contribution in [-0.2, 0) is 26.3 Å². The number of nitrogens with one attached hydrogen (secondary N) is 2. The third-order valence-corrected chi connectivity index (χ3v) is 5.58. The number of ether oxygens (including phenoxy) is 1. The van der Waals surface area contributed by atoms with Gasteiger partial charge < -0.3 is 19.9 Å². The molecule has 1 aromatic heterocycles. The third-order valence-electron chi connectivity index (χ3n) is 4.92. The molecule has 4 rings (SSSR count). The average molecular weight is 488 g/mol. The molecule has 4 aromatic rings. The van der Waals surface area contributed by atoms with E-state index in [0.29, 0.717) is 16.9 Å². The van der Waals surface area contributed by atoms with Crippen LogP contribution in [0.15, 0.2) is 66.7 Å². The number of rotatable bonds is 8. The summed E-state index contributed by atoms with van der Waals surface area (Å²) in [6.45, 7) is 1.29. The van der Waals surface area contributed by atoms with Gasteiger partial charge in [0.15, 0.2) is 0 Å². The number of benzene rings is 3. The number of hydrogen-bond acceptors (Lipinski definition) is 7. The van der Waals surface area contributed by atoms with Crippen molar-refractivity contribution >= 4 is 54.9 Å². The number of anilines is 3. The summed E-state index contributed by atoms with van der Waals surface area (Å²) in [5.74, 6) is -0.824. The Morgan fingerprint density at radius 2 is 1.56 bits per heavy atom. The van der Waals surface area contributed by atoms with Crippen molar-refractivity contribution in [2.24, 2.45) is 0 Å². The molecule has 0 fully saturated rings. The Morgan fingerprint density at radius 3 is 2.15 bits per heavy atom. The first kappa shape index (κ1) is 26.1. The first-order chi connectivity index (χ1) is 15.8. The van der Waals surface area contributed by atoms with E-state index >= 15 is 0 Å². The fourth-order valence-electron chi connectivity index (χ4n) is 3.59. The van der Waals surface area contributed by atoms with Gasteiger partial charge in [0.05, 0.1) is 45.8 Å². The molecule has 170 valence electrons. The second-order valence-electron chi connectivity index (χ2n) is 7.56. The number of pyridine rings is 1. The number of amides is 1. The summed E-state index contributed by atoms with van der Waals surface area (Å²) in [7, 11) is -4.34. The molecule has 0 radical (unpaired) electrons. The summed E-state index contributed by atoms with van der Waals surface area (Å²) in [5.41, 5.74) is 4.54. The Labute approximate surface area is 219 Å². The Hall–Kier alpha value is -2.53. The Balaban J connectivity index is 0.00000324. The molecule has 1 amide bonds. The Bertz CT molecular complexity index is 1390. The van der Waals surface area contributed by atoms with Crippen LogP contribution in [0.5, 0.6) is 0 Å². The maximum absolute atomic E-state index is 11.6. The molecule has 0 unspecified atom stereocenters. The van der Waals surface area contributed by atoms with E-state index in [1.807, 2.05) is 54.6 Å². The zero-order chi connectivity index (χ0) is 23.4. The van der Waals surface area contributed by atoms with Crippen molar-refractivity contribution in [2.45, 2.75) is 13.5 Å². The van der Waals surface area contributed by atoms with Crippen LogP contribution in [0.4, 0.5) is 17.1 Å². The number of nitrogens with zero attached hydrogens (tertiary/aromatic N) is 1.